The van der Waals surface area contributed by atoms with Gasteiger partial charge in [-0.1, -0.05) is 19.1 Å². The Bertz CT molecular complexity index is 392. The van der Waals surface area contributed by atoms with Gasteiger partial charge in [0.25, 0.3) is 0 Å². The number of likely N-dealkylation sites (tertiary alicyclic amines) is 1. The lowest BCUT2D eigenvalue weighted by molar-refractivity contribution is 0.174. The van der Waals surface area contributed by atoms with Crippen LogP contribution in [0.5, 0.6) is 11.5 Å². The van der Waals surface area contributed by atoms with Crippen molar-refractivity contribution in [2.24, 2.45) is 5.92 Å². The molecule has 0 bridgehead atoms. The maximum Gasteiger partial charge on any atom is 0.165 e. The molecule has 1 fully saturated rings. The van der Waals surface area contributed by atoms with Crippen LogP contribution in [-0.4, -0.2) is 32.2 Å². The molecule has 0 aliphatic carbocycles. The minimum atomic E-state index is 0.801. The Labute approximate surface area is 110 Å². The van der Waals surface area contributed by atoms with Crippen LogP contribution in [0, 0.1) is 5.92 Å². The average molecular weight is 249 g/mol. The number of methoxy groups -OCH3 is 2. The molecule has 0 N–H and O–H groups in total. The lowest BCUT2D eigenvalue weighted by atomic mass is 9.99. The number of nitrogens with zero attached hydrogens (tertiary/aromatic N) is 1. The summed E-state index contributed by atoms with van der Waals surface area (Å²) in [5, 5.41) is 0. The van der Waals surface area contributed by atoms with E-state index >= 15 is 0 Å². The van der Waals surface area contributed by atoms with Gasteiger partial charge in [0.2, 0.25) is 0 Å². The molecule has 1 aromatic rings. The highest BCUT2D eigenvalue weighted by atomic mass is 16.5. The topological polar surface area (TPSA) is 21.7 Å². The zero-order chi connectivity index (χ0) is 13.0. The molecule has 0 spiro atoms. The molecule has 18 heavy (non-hydrogen) atoms. The SMILES string of the molecule is COc1cccc(CN2CCCC(C)C2)c1OC. The molecule has 1 aliphatic heterocycles. The van der Waals surface area contributed by atoms with Crippen LogP contribution in [-0.2, 0) is 6.54 Å². The minimum absolute atomic E-state index is 0.801. The van der Waals surface area contributed by atoms with Crippen LogP contribution in [0.3, 0.4) is 0 Å². The van der Waals surface area contributed by atoms with Crippen molar-refractivity contribution in [3.63, 3.8) is 0 Å². The molecule has 0 amide bonds. The molecule has 1 aliphatic rings. The van der Waals surface area contributed by atoms with E-state index in [4.69, 9.17) is 9.47 Å². The quantitative estimate of drug-likeness (QED) is 0.819. The summed E-state index contributed by atoms with van der Waals surface area (Å²) in [6.45, 7) is 5.64. The predicted molar refractivity (Wildman–Crippen MR) is 73.2 cm³/mol. The Morgan fingerprint density at radius 1 is 1.28 bits per heavy atom. The van der Waals surface area contributed by atoms with Gasteiger partial charge in [-0.25, -0.2) is 0 Å². The Hall–Kier alpha value is -1.22. The minimum Gasteiger partial charge on any atom is -0.493 e. The molecule has 2 rings (SSSR count). The summed E-state index contributed by atoms with van der Waals surface area (Å²) in [4.78, 5) is 2.51. The molecule has 3 heteroatoms. The van der Waals surface area contributed by atoms with E-state index in [1.807, 2.05) is 12.1 Å². The molecular weight excluding hydrogens is 226 g/mol. The van der Waals surface area contributed by atoms with Crippen molar-refractivity contribution in [3.8, 4) is 11.5 Å². The summed E-state index contributed by atoms with van der Waals surface area (Å²) in [6, 6.07) is 6.10. The fraction of sp³-hybridized carbons (Fsp3) is 0.600. The van der Waals surface area contributed by atoms with Crippen molar-refractivity contribution in [3.05, 3.63) is 23.8 Å². The van der Waals surface area contributed by atoms with Gasteiger partial charge in [-0.3, -0.25) is 4.90 Å². The lowest BCUT2D eigenvalue weighted by Crippen LogP contribution is -2.33. The lowest BCUT2D eigenvalue weighted by Gasteiger charge is -2.31. The standard InChI is InChI=1S/C15H23NO2/c1-12-6-5-9-16(10-12)11-13-7-4-8-14(17-2)15(13)18-3/h4,7-8,12H,5-6,9-11H2,1-3H3. The van der Waals surface area contributed by atoms with Crippen LogP contribution in [0.4, 0.5) is 0 Å². The van der Waals surface area contributed by atoms with Gasteiger partial charge in [-0.2, -0.15) is 0 Å². The second-order valence-electron chi connectivity index (χ2n) is 5.14. The first-order valence-electron chi connectivity index (χ1n) is 6.66. The third-order valence-electron chi connectivity index (χ3n) is 3.62. The van der Waals surface area contributed by atoms with Gasteiger partial charge in [0.05, 0.1) is 14.2 Å². The largest absolute Gasteiger partial charge is 0.493 e. The highest BCUT2D eigenvalue weighted by Crippen LogP contribution is 2.32. The Morgan fingerprint density at radius 2 is 2.11 bits per heavy atom. The summed E-state index contributed by atoms with van der Waals surface area (Å²) >= 11 is 0. The van der Waals surface area contributed by atoms with Crippen LogP contribution < -0.4 is 9.47 Å². The maximum absolute atomic E-state index is 5.48. The van der Waals surface area contributed by atoms with E-state index in [0.29, 0.717) is 0 Å². The number of ether oxygens (including phenoxy) is 2. The molecule has 0 radical (unpaired) electrons. The van der Waals surface area contributed by atoms with Crippen LogP contribution in [0.1, 0.15) is 25.3 Å². The first kappa shape index (κ1) is 13.2. The molecule has 0 aromatic heterocycles. The van der Waals surface area contributed by atoms with Crippen molar-refractivity contribution in [1.29, 1.82) is 0 Å². The van der Waals surface area contributed by atoms with Crippen molar-refractivity contribution in [2.45, 2.75) is 26.3 Å². The van der Waals surface area contributed by atoms with E-state index in [1.165, 1.54) is 31.5 Å². The monoisotopic (exact) mass is 249 g/mol. The van der Waals surface area contributed by atoms with E-state index in [1.54, 1.807) is 14.2 Å². The van der Waals surface area contributed by atoms with Gasteiger partial charge in [-0.15, -0.1) is 0 Å². The summed E-state index contributed by atoms with van der Waals surface area (Å²) in [5.41, 5.74) is 1.21. The second-order valence-corrected chi connectivity index (χ2v) is 5.14. The molecule has 1 atom stereocenters. The number of benzene rings is 1. The predicted octanol–water partition coefficient (Wildman–Crippen LogP) is 2.94. The van der Waals surface area contributed by atoms with Gasteiger partial charge < -0.3 is 9.47 Å². The molecule has 1 heterocycles. The zero-order valence-corrected chi connectivity index (χ0v) is 11.6. The van der Waals surface area contributed by atoms with Crippen LogP contribution >= 0.6 is 0 Å². The molecule has 1 unspecified atom stereocenters. The molecule has 3 nitrogen and oxygen atoms in total. The van der Waals surface area contributed by atoms with Crippen LogP contribution in [0.25, 0.3) is 0 Å². The van der Waals surface area contributed by atoms with Gasteiger partial charge >= 0.3 is 0 Å². The Morgan fingerprint density at radius 3 is 2.78 bits per heavy atom. The number of hydrogen-bond donors (Lipinski definition) is 0. The normalized spacial score (nSPS) is 20.7. The molecule has 1 saturated heterocycles. The van der Waals surface area contributed by atoms with E-state index in [0.717, 1.165) is 24.0 Å². The van der Waals surface area contributed by atoms with E-state index in [9.17, 15) is 0 Å². The van der Waals surface area contributed by atoms with Gasteiger partial charge in [0.1, 0.15) is 0 Å². The summed E-state index contributed by atoms with van der Waals surface area (Å²) in [6.07, 6.45) is 2.65. The van der Waals surface area contributed by atoms with Crippen molar-refractivity contribution < 1.29 is 9.47 Å². The number of piperidine rings is 1. The van der Waals surface area contributed by atoms with Gasteiger partial charge in [0.15, 0.2) is 11.5 Å². The third-order valence-corrected chi connectivity index (χ3v) is 3.62. The van der Waals surface area contributed by atoms with E-state index < -0.39 is 0 Å². The highest BCUT2D eigenvalue weighted by Gasteiger charge is 2.18. The number of rotatable bonds is 4. The first-order valence-corrected chi connectivity index (χ1v) is 6.66. The van der Waals surface area contributed by atoms with Gasteiger partial charge in [0, 0.05) is 18.7 Å². The van der Waals surface area contributed by atoms with Crippen molar-refractivity contribution in [1.82, 2.24) is 4.90 Å². The summed E-state index contributed by atoms with van der Waals surface area (Å²) in [7, 11) is 3.39. The molecule has 1 aromatic carbocycles. The van der Waals surface area contributed by atoms with Crippen molar-refractivity contribution in [2.75, 3.05) is 27.3 Å². The fourth-order valence-electron chi connectivity index (χ4n) is 2.75. The second kappa shape index (κ2) is 6.10. The molecule has 100 valence electrons. The van der Waals surface area contributed by atoms with Crippen LogP contribution in [0.15, 0.2) is 18.2 Å². The average Bonchev–Trinajstić information content (AvgIpc) is 2.38. The van der Waals surface area contributed by atoms with E-state index in [2.05, 4.69) is 17.9 Å². The van der Waals surface area contributed by atoms with Gasteiger partial charge in [-0.05, 0) is 31.4 Å². The summed E-state index contributed by atoms with van der Waals surface area (Å²) < 4.78 is 10.8. The fourth-order valence-corrected chi connectivity index (χ4v) is 2.75. The smallest absolute Gasteiger partial charge is 0.165 e. The van der Waals surface area contributed by atoms with E-state index in [-0.39, 0.29) is 0 Å². The third kappa shape index (κ3) is 2.96. The molecular formula is C15H23NO2. The summed E-state index contributed by atoms with van der Waals surface area (Å²) in [5.74, 6) is 2.49. The Kier molecular flexibility index (Phi) is 4.48. The van der Waals surface area contributed by atoms with Crippen LogP contribution in [0.2, 0.25) is 0 Å². The molecule has 0 saturated carbocycles. The number of para-hydroxylation sites is 1. The van der Waals surface area contributed by atoms with Crippen molar-refractivity contribution >= 4 is 0 Å². The first-order chi connectivity index (χ1) is 8.74. The maximum atomic E-state index is 5.48. The zero-order valence-electron chi connectivity index (χ0n) is 11.6. The highest BCUT2D eigenvalue weighted by molar-refractivity contribution is 5.46. The Balaban J connectivity index is 2.12. The number of hydrogen-bond acceptors (Lipinski definition) is 3.